The van der Waals surface area contributed by atoms with E-state index in [-0.39, 0.29) is 5.78 Å². The molecule has 2 aromatic heterocycles. The number of nitrogens with two attached hydrogens (primary N) is 1. The van der Waals surface area contributed by atoms with Crippen molar-refractivity contribution in [1.29, 1.82) is 0 Å². The molecule has 0 bridgehead atoms. The van der Waals surface area contributed by atoms with Gasteiger partial charge in [0.1, 0.15) is 0 Å². The lowest BCUT2D eigenvalue weighted by Crippen LogP contribution is -2.11. The summed E-state index contributed by atoms with van der Waals surface area (Å²) in [6, 6.07) is 18.4. The van der Waals surface area contributed by atoms with Gasteiger partial charge < -0.3 is 10.3 Å². The van der Waals surface area contributed by atoms with E-state index in [0.717, 1.165) is 22.0 Å². The van der Waals surface area contributed by atoms with Gasteiger partial charge in [0.15, 0.2) is 0 Å². The normalized spacial score (nSPS) is 10.9. The van der Waals surface area contributed by atoms with Gasteiger partial charge in [-0.05, 0) is 48.9 Å². The third-order valence-corrected chi connectivity index (χ3v) is 4.75. The number of hydrogen-bond donors (Lipinski definition) is 1. The predicted octanol–water partition coefficient (Wildman–Crippen LogP) is 3.72. The summed E-state index contributed by atoms with van der Waals surface area (Å²) >= 11 is 0. The lowest BCUT2D eigenvalue weighted by atomic mass is 10.1. The zero-order valence-electron chi connectivity index (χ0n) is 15.4. The van der Waals surface area contributed by atoms with Gasteiger partial charge >= 0.3 is 0 Å². The van der Waals surface area contributed by atoms with Crippen LogP contribution in [0.4, 0.5) is 0 Å². The van der Waals surface area contributed by atoms with Crippen LogP contribution in [0.1, 0.15) is 37.5 Å². The summed E-state index contributed by atoms with van der Waals surface area (Å²) in [5.74, 6) is -0.488. The maximum atomic E-state index is 12.9. The molecule has 5 nitrogen and oxygen atoms in total. The molecule has 0 spiro atoms. The summed E-state index contributed by atoms with van der Waals surface area (Å²) in [5.41, 5.74) is 9.93. The second kappa shape index (κ2) is 7.12. The molecule has 28 heavy (non-hydrogen) atoms. The van der Waals surface area contributed by atoms with Crippen molar-refractivity contribution < 1.29 is 9.59 Å². The Morgan fingerprint density at radius 1 is 1.00 bits per heavy atom. The Kier molecular flexibility index (Phi) is 4.49. The average Bonchev–Trinajstić information content (AvgIpc) is 3.15. The molecule has 0 aliphatic heterocycles. The second-order valence-electron chi connectivity index (χ2n) is 6.83. The highest BCUT2D eigenvalue weighted by molar-refractivity contribution is 6.08. The summed E-state index contributed by atoms with van der Waals surface area (Å²) in [4.78, 5) is 28.7. The Bertz CT molecular complexity index is 1190. The van der Waals surface area contributed by atoms with Crippen molar-refractivity contribution >= 4 is 22.6 Å². The standard InChI is InChI=1S/C23H19N3O2/c1-15-4-6-17(7-5-15)22(27)21-3-2-10-26(21)14-16-11-19-12-18(23(24)28)8-9-20(19)25-13-16/h2-13H,14H2,1H3,(H2,24,28). The molecule has 2 heterocycles. The first-order valence-electron chi connectivity index (χ1n) is 8.96. The first-order valence-corrected chi connectivity index (χ1v) is 8.96. The highest BCUT2D eigenvalue weighted by Gasteiger charge is 2.14. The average molecular weight is 369 g/mol. The van der Waals surface area contributed by atoms with E-state index >= 15 is 0 Å². The molecule has 138 valence electrons. The molecular formula is C23H19N3O2. The number of rotatable bonds is 5. The van der Waals surface area contributed by atoms with Crippen LogP contribution in [0.3, 0.4) is 0 Å². The van der Waals surface area contributed by atoms with E-state index in [4.69, 9.17) is 5.73 Å². The van der Waals surface area contributed by atoms with Crippen molar-refractivity contribution in [3.05, 3.63) is 101 Å². The molecule has 4 aromatic rings. The van der Waals surface area contributed by atoms with Crippen molar-refractivity contribution in [2.75, 3.05) is 0 Å². The number of nitrogens with zero attached hydrogens (tertiary/aromatic N) is 2. The number of pyridine rings is 1. The molecule has 2 N–H and O–H groups in total. The summed E-state index contributed by atoms with van der Waals surface area (Å²) in [6.45, 7) is 2.50. The van der Waals surface area contributed by atoms with Crippen LogP contribution in [-0.4, -0.2) is 21.2 Å². The molecule has 0 saturated heterocycles. The summed E-state index contributed by atoms with van der Waals surface area (Å²) in [5, 5.41) is 0.840. The van der Waals surface area contributed by atoms with Crippen LogP contribution in [0.25, 0.3) is 10.9 Å². The predicted molar refractivity (Wildman–Crippen MR) is 108 cm³/mol. The number of benzene rings is 2. The van der Waals surface area contributed by atoms with Gasteiger partial charge in [-0.15, -0.1) is 0 Å². The van der Waals surface area contributed by atoms with Crippen LogP contribution in [0, 0.1) is 6.92 Å². The van der Waals surface area contributed by atoms with Crippen LogP contribution >= 0.6 is 0 Å². The molecule has 0 unspecified atom stereocenters. The van der Waals surface area contributed by atoms with Gasteiger partial charge in [-0.2, -0.15) is 0 Å². The molecule has 4 rings (SSSR count). The number of aryl methyl sites for hydroxylation is 1. The van der Waals surface area contributed by atoms with E-state index in [0.29, 0.717) is 23.4 Å². The number of aromatic nitrogens is 2. The molecule has 0 atom stereocenters. The Hall–Kier alpha value is -3.73. The highest BCUT2D eigenvalue weighted by Crippen LogP contribution is 2.18. The first kappa shape index (κ1) is 17.7. The lowest BCUT2D eigenvalue weighted by Gasteiger charge is -2.10. The third-order valence-electron chi connectivity index (χ3n) is 4.75. The van der Waals surface area contributed by atoms with E-state index in [1.807, 2.05) is 60.2 Å². The van der Waals surface area contributed by atoms with Crippen molar-refractivity contribution in [1.82, 2.24) is 9.55 Å². The van der Waals surface area contributed by atoms with Gasteiger partial charge in [0.25, 0.3) is 0 Å². The molecule has 0 aliphatic carbocycles. The van der Waals surface area contributed by atoms with Gasteiger partial charge in [0.05, 0.1) is 11.2 Å². The zero-order valence-corrected chi connectivity index (χ0v) is 15.4. The number of ketones is 1. The van der Waals surface area contributed by atoms with E-state index in [9.17, 15) is 9.59 Å². The zero-order chi connectivity index (χ0) is 19.7. The number of fused-ring (bicyclic) bond motifs is 1. The fourth-order valence-corrected chi connectivity index (χ4v) is 3.22. The van der Waals surface area contributed by atoms with E-state index < -0.39 is 5.91 Å². The van der Waals surface area contributed by atoms with Gasteiger partial charge in [-0.25, -0.2) is 0 Å². The number of carbonyl (C=O) groups excluding carboxylic acids is 2. The lowest BCUT2D eigenvalue weighted by molar-refractivity contribution is 0.0998. The molecule has 0 fully saturated rings. The maximum absolute atomic E-state index is 12.9. The molecular weight excluding hydrogens is 350 g/mol. The SMILES string of the molecule is Cc1ccc(C(=O)c2cccn2Cc2cnc3ccc(C(N)=O)cc3c2)cc1. The molecule has 1 amide bonds. The maximum Gasteiger partial charge on any atom is 0.248 e. The van der Waals surface area contributed by atoms with Crippen LogP contribution in [0.5, 0.6) is 0 Å². The fraction of sp³-hybridized carbons (Fsp3) is 0.0870. The number of hydrogen-bond acceptors (Lipinski definition) is 3. The van der Waals surface area contributed by atoms with E-state index in [2.05, 4.69) is 4.98 Å². The number of amides is 1. The quantitative estimate of drug-likeness (QED) is 0.545. The van der Waals surface area contributed by atoms with Gasteiger partial charge in [0.2, 0.25) is 11.7 Å². The first-order chi connectivity index (χ1) is 13.5. The van der Waals surface area contributed by atoms with Gasteiger partial charge in [-0.3, -0.25) is 14.6 Å². The van der Waals surface area contributed by atoms with Crippen LogP contribution in [-0.2, 0) is 6.54 Å². The highest BCUT2D eigenvalue weighted by atomic mass is 16.1. The third kappa shape index (κ3) is 3.42. The summed E-state index contributed by atoms with van der Waals surface area (Å²) in [6.07, 6.45) is 3.66. The monoisotopic (exact) mass is 369 g/mol. The van der Waals surface area contributed by atoms with E-state index in [1.165, 1.54) is 0 Å². The minimum absolute atomic E-state index is 0.0187. The molecule has 5 heteroatoms. The second-order valence-corrected chi connectivity index (χ2v) is 6.83. The van der Waals surface area contributed by atoms with Crippen molar-refractivity contribution in [2.45, 2.75) is 13.5 Å². The fourth-order valence-electron chi connectivity index (χ4n) is 3.22. The summed E-state index contributed by atoms with van der Waals surface area (Å²) in [7, 11) is 0. The molecule has 0 saturated carbocycles. The molecule has 0 aliphatic rings. The van der Waals surface area contributed by atoms with Gasteiger partial charge in [0, 0.05) is 35.5 Å². The molecule has 0 radical (unpaired) electrons. The minimum atomic E-state index is -0.469. The van der Waals surface area contributed by atoms with Crippen molar-refractivity contribution in [3.63, 3.8) is 0 Å². The topological polar surface area (TPSA) is 78.0 Å². The van der Waals surface area contributed by atoms with Gasteiger partial charge in [-0.1, -0.05) is 29.8 Å². The Morgan fingerprint density at radius 2 is 1.75 bits per heavy atom. The molecule has 2 aromatic carbocycles. The Labute approximate surface area is 162 Å². The van der Waals surface area contributed by atoms with Crippen LogP contribution in [0.15, 0.2) is 73.1 Å². The van der Waals surface area contributed by atoms with Crippen molar-refractivity contribution in [3.8, 4) is 0 Å². The number of primary amides is 1. The van der Waals surface area contributed by atoms with Crippen LogP contribution < -0.4 is 5.73 Å². The number of carbonyl (C=O) groups is 2. The smallest absolute Gasteiger partial charge is 0.248 e. The largest absolute Gasteiger partial charge is 0.366 e. The van der Waals surface area contributed by atoms with Crippen molar-refractivity contribution in [2.24, 2.45) is 5.73 Å². The Morgan fingerprint density at radius 3 is 2.50 bits per heavy atom. The van der Waals surface area contributed by atoms with Crippen LogP contribution in [0.2, 0.25) is 0 Å². The Balaban J connectivity index is 1.65. The summed E-state index contributed by atoms with van der Waals surface area (Å²) < 4.78 is 1.91. The minimum Gasteiger partial charge on any atom is -0.366 e. The van der Waals surface area contributed by atoms with E-state index in [1.54, 1.807) is 24.4 Å².